The Morgan fingerprint density at radius 2 is 1.48 bits per heavy atom. The van der Waals surface area contributed by atoms with Gasteiger partial charge in [0, 0.05) is 13.7 Å². The van der Waals surface area contributed by atoms with Crippen LogP contribution < -0.4 is 5.32 Å². The van der Waals surface area contributed by atoms with Gasteiger partial charge in [-0.2, -0.15) is 0 Å². The van der Waals surface area contributed by atoms with Crippen molar-refractivity contribution >= 4 is 0 Å². The highest BCUT2D eigenvalue weighted by Crippen LogP contribution is 2.01. The maximum absolute atomic E-state index is 5.86. The Labute approximate surface area is 130 Å². The van der Waals surface area contributed by atoms with Crippen LogP contribution in [0.2, 0.25) is 0 Å². The number of ether oxygens (including phenoxy) is 4. The molecule has 0 aromatic heterocycles. The van der Waals surface area contributed by atoms with E-state index in [2.05, 4.69) is 26.1 Å². The highest BCUT2D eigenvalue weighted by Gasteiger charge is 2.07. The molecule has 0 aliphatic carbocycles. The Bertz CT molecular complexity index is 203. The second-order valence-corrected chi connectivity index (χ2v) is 5.55. The molecule has 1 N–H and O–H groups in total. The van der Waals surface area contributed by atoms with E-state index in [9.17, 15) is 0 Å². The van der Waals surface area contributed by atoms with Crippen molar-refractivity contribution in [3.05, 3.63) is 0 Å². The monoisotopic (exact) mass is 305 g/mol. The molecular formula is C16H35NO4. The maximum atomic E-state index is 5.86. The molecule has 0 aliphatic rings. The van der Waals surface area contributed by atoms with Crippen LogP contribution in [-0.4, -0.2) is 65.9 Å². The molecule has 0 aromatic carbocycles. The summed E-state index contributed by atoms with van der Waals surface area (Å²) in [5, 5.41) is 3.45. The lowest BCUT2D eigenvalue weighted by Crippen LogP contribution is -2.32. The van der Waals surface area contributed by atoms with Crippen molar-refractivity contribution < 1.29 is 18.9 Å². The minimum atomic E-state index is 0.287. The molecule has 0 bridgehead atoms. The molecule has 0 spiro atoms. The van der Waals surface area contributed by atoms with E-state index in [0.717, 1.165) is 25.9 Å². The third kappa shape index (κ3) is 16.0. The maximum Gasteiger partial charge on any atom is 0.0704 e. The summed E-state index contributed by atoms with van der Waals surface area (Å²) < 4.78 is 21.5. The summed E-state index contributed by atoms with van der Waals surface area (Å²) in [4.78, 5) is 0. The van der Waals surface area contributed by atoms with Crippen LogP contribution in [0.5, 0.6) is 0 Å². The molecule has 0 heterocycles. The summed E-state index contributed by atoms with van der Waals surface area (Å²) in [6.07, 6.45) is 2.52. The first-order valence-corrected chi connectivity index (χ1v) is 8.17. The number of nitrogens with one attached hydrogen (secondary N) is 1. The van der Waals surface area contributed by atoms with Crippen LogP contribution in [0.4, 0.5) is 0 Å². The van der Waals surface area contributed by atoms with Gasteiger partial charge in [-0.15, -0.1) is 0 Å². The van der Waals surface area contributed by atoms with Gasteiger partial charge in [-0.3, -0.25) is 0 Å². The van der Waals surface area contributed by atoms with E-state index in [1.54, 1.807) is 7.11 Å². The van der Waals surface area contributed by atoms with Gasteiger partial charge in [0.05, 0.1) is 45.7 Å². The van der Waals surface area contributed by atoms with E-state index < -0.39 is 0 Å². The lowest BCUT2D eigenvalue weighted by molar-refractivity contribution is -0.0179. The molecule has 0 saturated carbocycles. The van der Waals surface area contributed by atoms with Crippen LogP contribution in [0, 0.1) is 5.92 Å². The first-order valence-electron chi connectivity index (χ1n) is 8.17. The molecule has 0 rings (SSSR count). The van der Waals surface area contributed by atoms with Gasteiger partial charge in [-0.05, 0) is 18.9 Å². The van der Waals surface area contributed by atoms with Gasteiger partial charge >= 0.3 is 0 Å². The predicted octanol–water partition coefficient (Wildman–Crippen LogP) is 2.10. The molecule has 128 valence electrons. The van der Waals surface area contributed by atoms with E-state index >= 15 is 0 Å². The largest absolute Gasteiger partial charge is 0.382 e. The summed E-state index contributed by atoms with van der Waals surface area (Å²) in [5.74, 6) is 0.675. The number of hydrogen-bond acceptors (Lipinski definition) is 5. The molecule has 1 atom stereocenters. The van der Waals surface area contributed by atoms with Crippen molar-refractivity contribution in [3.63, 3.8) is 0 Å². The van der Waals surface area contributed by atoms with Gasteiger partial charge in [-0.1, -0.05) is 27.2 Å². The number of hydrogen-bond donors (Lipinski definition) is 1. The SMILES string of the molecule is CCCC(CNCC(C)C)OCCOCCOCCOC. The summed E-state index contributed by atoms with van der Waals surface area (Å²) in [7, 11) is 1.67. The van der Waals surface area contributed by atoms with E-state index in [1.807, 2.05) is 0 Å². The molecule has 0 saturated heterocycles. The molecule has 5 heteroatoms. The van der Waals surface area contributed by atoms with Crippen molar-refractivity contribution in [1.29, 1.82) is 0 Å². The van der Waals surface area contributed by atoms with Crippen LogP contribution in [0.3, 0.4) is 0 Å². The van der Waals surface area contributed by atoms with Crippen LogP contribution >= 0.6 is 0 Å². The van der Waals surface area contributed by atoms with E-state index in [4.69, 9.17) is 18.9 Å². The molecule has 1 unspecified atom stereocenters. The van der Waals surface area contributed by atoms with Gasteiger partial charge in [0.1, 0.15) is 0 Å². The molecule has 0 aromatic rings. The Morgan fingerprint density at radius 3 is 2.05 bits per heavy atom. The molecule has 0 radical (unpaired) electrons. The average molecular weight is 305 g/mol. The molecule has 0 amide bonds. The lowest BCUT2D eigenvalue weighted by atomic mass is 10.2. The van der Waals surface area contributed by atoms with E-state index in [1.165, 1.54) is 0 Å². The topological polar surface area (TPSA) is 49.0 Å². The first-order chi connectivity index (χ1) is 10.2. The van der Waals surface area contributed by atoms with E-state index in [0.29, 0.717) is 45.6 Å². The quantitative estimate of drug-likeness (QED) is 0.443. The van der Waals surface area contributed by atoms with Gasteiger partial charge in [-0.25, -0.2) is 0 Å². The van der Waals surface area contributed by atoms with Crippen molar-refractivity contribution in [1.82, 2.24) is 5.32 Å². The first kappa shape index (κ1) is 20.8. The van der Waals surface area contributed by atoms with Crippen LogP contribution in [0.25, 0.3) is 0 Å². The summed E-state index contributed by atoms with van der Waals surface area (Å²) in [6.45, 7) is 12.3. The molecule has 0 aliphatic heterocycles. The predicted molar refractivity (Wildman–Crippen MR) is 85.9 cm³/mol. The van der Waals surface area contributed by atoms with Crippen molar-refractivity contribution in [2.24, 2.45) is 5.92 Å². The average Bonchev–Trinajstić information content (AvgIpc) is 2.45. The zero-order chi connectivity index (χ0) is 15.8. The second-order valence-electron chi connectivity index (χ2n) is 5.55. The van der Waals surface area contributed by atoms with Crippen LogP contribution in [-0.2, 0) is 18.9 Å². The fraction of sp³-hybridized carbons (Fsp3) is 1.00. The zero-order valence-electron chi connectivity index (χ0n) is 14.4. The normalized spacial score (nSPS) is 13.0. The van der Waals surface area contributed by atoms with Crippen molar-refractivity contribution in [2.45, 2.75) is 39.7 Å². The smallest absolute Gasteiger partial charge is 0.0704 e. The minimum Gasteiger partial charge on any atom is -0.382 e. The minimum absolute atomic E-state index is 0.287. The summed E-state index contributed by atoms with van der Waals surface area (Å²) >= 11 is 0. The number of rotatable bonds is 16. The second kappa shape index (κ2) is 16.2. The van der Waals surface area contributed by atoms with Gasteiger partial charge in [0.2, 0.25) is 0 Å². The van der Waals surface area contributed by atoms with Crippen molar-refractivity contribution in [3.8, 4) is 0 Å². The Kier molecular flexibility index (Phi) is 16.0. The van der Waals surface area contributed by atoms with E-state index in [-0.39, 0.29) is 6.10 Å². The molecule has 0 fully saturated rings. The van der Waals surface area contributed by atoms with Crippen LogP contribution in [0.1, 0.15) is 33.6 Å². The van der Waals surface area contributed by atoms with Crippen LogP contribution in [0.15, 0.2) is 0 Å². The Morgan fingerprint density at radius 1 is 0.857 bits per heavy atom. The lowest BCUT2D eigenvalue weighted by Gasteiger charge is -2.18. The molecular weight excluding hydrogens is 270 g/mol. The van der Waals surface area contributed by atoms with Gasteiger partial charge in [0.25, 0.3) is 0 Å². The third-order valence-corrected chi connectivity index (χ3v) is 2.92. The third-order valence-electron chi connectivity index (χ3n) is 2.92. The highest BCUT2D eigenvalue weighted by atomic mass is 16.6. The fourth-order valence-electron chi connectivity index (χ4n) is 1.84. The highest BCUT2D eigenvalue weighted by molar-refractivity contribution is 4.62. The summed E-state index contributed by atoms with van der Waals surface area (Å²) in [6, 6.07) is 0. The zero-order valence-corrected chi connectivity index (χ0v) is 14.4. The van der Waals surface area contributed by atoms with Crippen molar-refractivity contribution in [2.75, 3.05) is 59.8 Å². The van der Waals surface area contributed by atoms with Gasteiger partial charge < -0.3 is 24.3 Å². The number of methoxy groups -OCH3 is 1. The fourth-order valence-corrected chi connectivity index (χ4v) is 1.84. The summed E-state index contributed by atoms with van der Waals surface area (Å²) in [5.41, 5.74) is 0. The standard InChI is InChI=1S/C16H35NO4/c1-5-6-16(14-17-13-15(2)3)21-12-11-20-10-9-19-8-7-18-4/h15-17H,5-14H2,1-4H3. The Hall–Kier alpha value is -0.200. The molecule has 5 nitrogen and oxygen atoms in total. The molecule has 21 heavy (non-hydrogen) atoms. The van der Waals surface area contributed by atoms with Gasteiger partial charge in [0.15, 0.2) is 0 Å². The Balaban J connectivity index is 3.42.